The molecule has 1 nitrogen and oxygen atoms in total. The first kappa shape index (κ1) is 20.1. The molecule has 3 aliphatic rings. The minimum absolute atomic E-state index is 0. The van der Waals surface area contributed by atoms with Crippen LogP contribution in [0.5, 0.6) is 0 Å². The van der Waals surface area contributed by atoms with Gasteiger partial charge in [-0.05, 0) is 86.4 Å². The highest BCUT2D eigenvalue weighted by atomic mass is 19.2. The summed E-state index contributed by atoms with van der Waals surface area (Å²) in [5.41, 5.74) is 0.0440. The summed E-state index contributed by atoms with van der Waals surface area (Å²) in [6, 6.07) is 0. The van der Waals surface area contributed by atoms with Gasteiger partial charge in [-0.1, -0.05) is 33.6 Å². The van der Waals surface area contributed by atoms with Gasteiger partial charge >= 0.3 is 0 Å². The summed E-state index contributed by atoms with van der Waals surface area (Å²) in [5.74, 6) is 2.55. The molecule has 0 heterocycles. The van der Waals surface area contributed by atoms with Crippen molar-refractivity contribution in [3.8, 4) is 0 Å². The largest absolute Gasteiger partial charge is 0.412 e. The van der Waals surface area contributed by atoms with Crippen LogP contribution in [0.15, 0.2) is 0 Å². The van der Waals surface area contributed by atoms with E-state index in [9.17, 15) is 8.78 Å². The van der Waals surface area contributed by atoms with Gasteiger partial charge in [-0.15, -0.1) is 0 Å². The van der Waals surface area contributed by atoms with Gasteiger partial charge in [-0.3, -0.25) is 0 Å². The van der Waals surface area contributed by atoms with Crippen molar-refractivity contribution in [2.45, 2.75) is 97.3 Å². The Morgan fingerprint density at radius 1 is 0.750 bits per heavy atom. The highest BCUT2D eigenvalue weighted by Gasteiger charge is 2.48. The lowest BCUT2D eigenvalue weighted by molar-refractivity contribution is -0.0515. The Labute approximate surface area is 150 Å². The third kappa shape index (κ3) is 3.97. The van der Waals surface area contributed by atoms with Crippen molar-refractivity contribution in [2.24, 2.45) is 35.0 Å². The van der Waals surface area contributed by atoms with E-state index in [1.807, 2.05) is 6.92 Å². The molecule has 3 heteroatoms. The number of halogens is 2. The molecule has 3 aliphatic carbocycles. The fourth-order valence-corrected chi connectivity index (χ4v) is 5.93. The lowest BCUT2D eigenvalue weighted by atomic mass is 9.57. The lowest BCUT2D eigenvalue weighted by Crippen LogP contribution is -2.46. The van der Waals surface area contributed by atoms with Crippen molar-refractivity contribution < 1.29 is 17.1 Å². The third-order valence-corrected chi connectivity index (χ3v) is 7.96. The zero-order chi connectivity index (χ0) is 16.6. The number of hydrogen-bond acceptors (Lipinski definition) is 0. The van der Waals surface area contributed by atoms with Crippen LogP contribution in [0, 0.1) is 35.0 Å². The fourth-order valence-electron chi connectivity index (χ4n) is 5.93. The molecule has 0 bridgehead atoms. The first-order chi connectivity index (χ1) is 10.9. The first-order valence-corrected chi connectivity index (χ1v) is 10.2. The minimum atomic E-state index is -1.23. The second kappa shape index (κ2) is 8.01. The van der Waals surface area contributed by atoms with Gasteiger partial charge in [-0.2, -0.15) is 0 Å². The maximum atomic E-state index is 14.6. The van der Waals surface area contributed by atoms with Crippen molar-refractivity contribution >= 4 is 0 Å². The highest BCUT2D eigenvalue weighted by Crippen LogP contribution is 2.53. The van der Waals surface area contributed by atoms with Gasteiger partial charge in [0.2, 0.25) is 0 Å². The van der Waals surface area contributed by atoms with Crippen LogP contribution in [-0.4, -0.2) is 17.8 Å². The topological polar surface area (TPSA) is 31.5 Å². The van der Waals surface area contributed by atoms with Crippen molar-refractivity contribution in [3.05, 3.63) is 0 Å². The summed E-state index contributed by atoms with van der Waals surface area (Å²) in [6.45, 7) is 6.51. The van der Waals surface area contributed by atoms with Crippen molar-refractivity contribution in [3.63, 3.8) is 0 Å². The van der Waals surface area contributed by atoms with Gasteiger partial charge in [0.15, 0.2) is 0 Å². The Morgan fingerprint density at radius 2 is 1.29 bits per heavy atom. The predicted molar refractivity (Wildman–Crippen MR) is 101 cm³/mol. The quantitative estimate of drug-likeness (QED) is 0.553. The summed E-state index contributed by atoms with van der Waals surface area (Å²) in [5, 5.41) is 0. The molecule has 24 heavy (non-hydrogen) atoms. The van der Waals surface area contributed by atoms with Gasteiger partial charge in [-0.25, -0.2) is 8.78 Å². The highest BCUT2D eigenvalue weighted by molar-refractivity contribution is 4.97. The maximum Gasteiger partial charge on any atom is 0.135 e. The molecule has 3 saturated carbocycles. The molecule has 2 N–H and O–H groups in total. The molecule has 4 unspecified atom stereocenters. The minimum Gasteiger partial charge on any atom is -0.412 e. The molecule has 0 aromatic heterocycles. The Balaban J connectivity index is 0.00000208. The van der Waals surface area contributed by atoms with Gasteiger partial charge in [0.1, 0.15) is 12.3 Å². The predicted octanol–water partition coefficient (Wildman–Crippen LogP) is 6.40. The van der Waals surface area contributed by atoms with Crippen LogP contribution in [-0.2, 0) is 0 Å². The van der Waals surface area contributed by atoms with Gasteiger partial charge in [0, 0.05) is 2.85 Å². The van der Waals surface area contributed by atoms with E-state index in [2.05, 4.69) is 13.8 Å². The number of rotatable bonds is 2. The van der Waals surface area contributed by atoms with Crippen LogP contribution < -0.4 is 0 Å². The monoisotopic (exact) mass is 348 g/mol. The molecular weight excluding hydrogens is 306 g/mol. The molecule has 0 aromatic rings. The van der Waals surface area contributed by atoms with E-state index in [0.29, 0.717) is 0 Å². The van der Waals surface area contributed by atoms with E-state index >= 15 is 0 Å². The summed E-state index contributed by atoms with van der Waals surface area (Å²) in [6.07, 6.45) is 9.66. The summed E-state index contributed by atoms with van der Waals surface area (Å²) < 4.78 is 28.8. The molecule has 3 rings (SSSR count). The average Bonchev–Trinajstić information content (AvgIpc) is 2.54. The van der Waals surface area contributed by atoms with Crippen LogP contribution in [0.1, 0.15) is 87.8 Å². The first-order valence-electron chi connectivity index (χ1n) is 10.2. The zero-order valence-electron chi connectivity index (χ0n) is 15.9. The summed E-state index contributed by atoms with van der Waals surface area (Å²) >= 11 is 0. The Morgan fingerprint density at radius 3 is 1.88 bits per heavy atom. The molecule has 0 aromatic carbocycles. The third-order valence-electron chi connectivity index (χ3n) is 7.96. The van der Waals surface area contributed by atoms with Crippen molar-refractivity contribution in [1.29, 1.82) is 0 Å². The Bertz CT molecular complexity index is 393. The van der Waals surface area contributed by atoms with E-state index in [4.69, 9.17) is 0 Å². The van der Waals surface area contributed by atoms with Crippen LogP contribution >= 0.6 is 0 Å². The van der Waals surface area contributed by atoms with Crippen LogP contribution in [0.25, 0.3) is 0 Å². The van der Waals surface area contributed by atoms with Crippen molar-refractivity contribution in [1.82, 2.24) is 0 Å². The summed E-state index contributed by atoms with van der Waals surface area (Å²) in [4.78, 5) is 0. The Hall–Kier alpha value is -0.180. The SMILES string of the molecule is CC1CCC(C2CCC(C)(C3CCC(C)C(F)C3F)CC2)CC1.O.[HH].[HH]. The lowest BCUT2D eigenvalue weighted by Gasteiger charge is -2.49. The van der Waals surface area contributed by atoms with Crippen LogP contribution in [0.4, 0.5) is 8.78 Å². The summed E-state index contributed by atoms with van der Waals surface area (Å²) in [7, 11) is 0. The maximum absolute atomic E-state index is 14.6. The fraction of sp³-hybridized carbons (Fsp3) is 1.00. The van der Waals surface area contributed by atoms with E-state index in [0.717, 1.165) is 43.4 Å². The molecular formula is C21H42F2O. The zero-order valence-corrected chi connectivity index (χ0v) is 15.9. The van der Waals surface area contributed by atoms with Gasteiger partial charge < -0.3 is 5.48 Å². The molecule has 3 fully saturated rings. The normalized spacial score (nSPS) is 50.1. The second-order valence-corrected chi connectivity index (χ2v) is 9.56. The molecule has 0 saturated heterocycles. The van der Waals surface area contributed by atoms with Gasteiger partial charge in [0.25, 0.3) is 0 Å². The van der Waals surface area contributed by atoms with E-state index in [-0.39, 0.29) is 25.6 Å². The molecule has 0 aliphatic heterocycles. The molecule has 0 radical (unpaired) electrons. The van der Waals surface area contributed by atoms with Crippen molar-refractivity contribution in [2.75, 3.05) is 0 Å². The van der Waals surface area contributed by atoms with Crippen LogP contribution in [0.3, 0.4) is 0 Å². The second-order valence-electron chi connectivity index (χ2n) is 9.56. The van der Waals surface area contributed by atoms with E-state index in [1.165, 1.54) is 38.5 Å². The van der Waals surface area contributed by atoms with Crippen LogP contribution in [0.2, 0.25) is 0 Å². The molecule has 146 valence electrons. The molecule has 0 amide bonds. The molecule has 0 spiro atoms. The van der Waals surface area contributed by atoms with E-state index in [1.54, 1.807) is 0 Å². The molecule has 4 atom stereocenters. The van der Waals surface area contributed by atoms with E-state index < -0.39 is 12.3 Å². The smallest absolute Gasteiger partial charge is 0.135 e. The van der Waals surface area contributed by atoms with Gasteiger partial charge in [0.05, 0.1) is 0 Å². The Kier molecular flexibility index (Phi) is 6.72. The number of hydrogen-bond donors (Lipinski definition) is 0. The average molecular weight is 349 g/mol. The standard InChI is InChI=1S/C21H36F2.H2O.2H2/c1-14-4-7-16(8-5-14)17-10-12-21(3,13-11-17)18-9-6-15(2)19(22)20(18)23;;;/h14-20H,4-13H2,1-3H3;1H2;2*1H. The number of alkyl halides is 2.